The Labute approximate surface area is 90.0 Å². The first-order chi connectivity index (χ1) is 7.11. The summed E-state index contributed by atoms with van der Waals surface area (Å²) in [7, 11) is 1.64. The van der Waals surface area contributed by atoms with Gasteiger partial charge in [-0.05, 0) is 13.3 Å². The molecular formula is C10H19NO4. The highest BCUT2D eigenvalue weighted by Gasteiger charge is 2.10. The Bertz CT molecular complexity index is 206. The standard InChI is InChI=1S/C10H19NO4/c1-3-15-10(14)6-7-11(2)9(13)5-4-8-12/h12H,3-8H2,1-2H3. The van der Waals surface area contributed by atoms with Crippen molar-refractivity contribution in [2.75, 3.05) is 26.8 Å². The van der Waals surface area contributed by atoms with E-state index in [-0.39, 0.29) is 24.9 Å². The molecule has 0 aliphatic carbocycles. The maximum Gasteiger partial charge on any atom is 0.307 e. The third-order valence-electron chi connectivity index (χ3n) is 1.93. The second-order valence-electron chi connectivity index (χ2n) is 3.20. The summed E-state index contributed by atoms with van der Waals surface area (Å²) in [6.45, 7) is 2.48. The molecule has 0 saturated carbocycles. The molecule has 0 bridgehead atoms. The largest absolute Gasteiger partial charge is 0.466 e. The summed E-state index contributed by atoms with van der Waals surface area (Å²) in [6, 6.07) is 0. The van der Waals surface area contributed by atoms with Crippen molar-refractivity contribution in [3.63, 3.8) is 0 Å². The maximum absolute atomic E-state index is 11.3. The lowest BCUT2D eigenvalue weighted by Gasteiger charge is -2.16. The summed E-state index contributed by atoms with van der Waals surface area (Å²) < 4.78 is 4.74. The van der Waals surface area contributed by atoms with Crippen LogP contribution in [0.1, 0.15) is 26.2 Å². The van der Waals surface area contributed by atoms with Crippen LogP contribution in [0.15, 0.2) is 0 Å². The van der Waals surface area contributed by atoms with Crippen LogP contribution in [0.25, 0.3) is 0 Å². The number of amides is 1. The van der Waals surface area contributed by atoms with Crippen LogP contribution in [-0.4, -0.2) is 48.7 Å². The first-order valence-electron chi connectivity index (χ1n) is 5.12. The van der Waals surface area contributed by atoms with Gasteiger partial charge in [-0.3, -0.25) is 9.59 Å². The summed E-state index contributed by atoms with van der Waals surface area (Å²) in [5.74, 6) is -0.354. The second kappa shape index (κ2) is 8.23. The van der Waals surface area contributed by atoms with Gasteiger partial charge >= 0.3 is 5.97 Å². The zero-order chi connectivity index (χ0) is 11.7. The molecule has 0 aromatic heterocycles. The minimum atomic E-state index is -0.292. The van der Waals surface area contributed by atoms with E-state index in [1.807, 2.05) is 0 Å². The molecule has 0 aromatic carbocycles. The van der Waals surface area contributed by atoms with Gasteiger partial charge in [0.2, 0.25) is 5.91 Å². The van der Waals surface area contributed by atoms with Crippen molar-refractivity contribution < 1.29 is 19.4 Å². The van der Waals surface area contributed by atoms with Gasteiger partial charge in [-0.25, -0.2) is 0 Å². The van der Waals surface area contributed by atoms with Crippen molar-refractivity contribution in [2.45, 2.75) is 26.2 Å². The number of esters is 1. The minimum absolute atomic E-state index is 0.0114. The average molecular weight is 217 g/mol. The topological polar surface area (TPSA) is 66.8 Å². The first kappa shape index (κ1) is 13.9. The highest BCUT2D eigenvalue weighted by molar-refractivity contribution is 5.77. The smallest absolute Gasteiger partial charge is 0.307 e. The molecular weight excluding hydrogens is 198 g/mol. The molecule has 0 unspecified atom stereocenters. The maximum atomic E-state index is 11.3. The van der Waals surface area contributed by atoms with Crippen LogP contribution in [0.5, 0.6) is 0 Å². The van der Waals surface area contributed by atoms with Crippen molar-refractivity contribution in [1.82, 2.24) is 4.90 Å². The van der Waals surface area contributed by atoms with Gasteiger partial charge < -0.3 is 14.7 Å². The molecule has 0 aromatic rings. The number of rotatable bonds is 7. The van der Waals surface area contributed by atoms with Gasteiger partial charge in [0.05, 0.1) is 13.0 Å². The molecule has 88 valence electrons. The molecule has 1 N–H and O–H groups in total. The molecule has 0 aliphatic heterocycles. The molecule has 0 spiro atoms. The predicted octanol–water partition coefficient (Wildman–Crippen LogP) is 0.171. The number of carbonyl (C=O) groups is 2. The molecule has 0 atom stereocenters. The second-order valence-corrected chi connectivity index (χ2v) is 3.20. The van der Waals surface area contributed by atoms with Crippen molar-refractivity contribution >= 4 is 11.9 Å². The number of hydrogen-bond donors (Lipinski definition) is 1. The van der Waals surface area contributed by atoms with Crippen LogP contribution in [0, 0.1) is 0 Å². The number of hydrogen-bond acceptors (Lipinski definition) is 4. The SMILES string of the molecule is CCOC(=O)CCN(C)C(=O)CCCO. The zero-order valence-electron chi connectivity index (χ0n) is 9.36. The lowest BCUT2D eigenvalue weighted by atomic mass is 10.3. The number of nitrogens with zero attached hydrogens (tertiary/aromatic N) is 1. The monoisotopic (exact) mass is 217 g/mol. The van der Waals surface area contributed by atoms with Crippen molar-refractivity contribution in [2.24, 2.45) is 0 Å². The van der Waals surface area contributed by atoms with Gasteiger partial charge in [-0.1, -0.05) is 0 Å². The zero-order valence-corrected chi connectivity index (χ0v) is 9.36. The average Bonchev–Trinajstić information content (AvgIpc) is 2.22. The Morgan fingerprint density at radius 1 is 1.33 bits per heavy atom. The predicted molar refractivity (Wildman–Crippen MR) is 55.2 cm³/mol. The van der Waals surface area contributed by atoms with Gasteiger partial charge in [0, 0.05) is 26.6 Å². The minimum Gasteiger partial charge on any atom is -0.466 e. The summed E-state index contributed by atoms with van der Waals surface area (Å²) in [4.78, 5) is 23.8. The van der Waals surface area contributed by atoms with E-state index in [0.29, 0.717) is 26.0 Å². The van der Waals surface area contributed by atoms with Gasteiger partial charge in [0.15, 0.2) is 0 Å². The fourth-order valence-electron chi connectivity index (χ4n) is 1.04. The molecule has 0 rings (SSSR count). The van der Waals surface area contributed by atoms with Gasteiger partial charge in [0.25, 0.3) is 0 Å². The number of aliphatic hydroxyl groups excluding tert-OH is 1. The van der Waals surface area contributed by atoms with Crippen LogP contribution in [-0.2, 0) is 14.3 Å². The summed E-state index contributed by atoms with van der Waals surface area (Å²) in [5.41, 5.74) is 0. The van der Waals surface area contributed by atoms with Crippen LogP contribution in [0.4, 0.5) is 0 Å². The van der Waals surface area contributed by atoms with E-state index in [1.54, 1.807) is 14.0 Å². The Hall–Kier alpha value is -1.10. The third kappa shape index (κ3) is 6.90. The van der Waals surface area contributed by atoms with E-state index in [4.69, 9.17) is 9.84 Å². The van der Waals surface area contributed by atoms with Crippen molar-refractivity contribution in [1.29, 1.82) is 0 Å². The number of aliphatic hydroxyl groups is 1. The van der Waals surface area contributed by atoms with Gasteiger partial charge in [-0.2, -0.15) is 0 Å². The molecule has 0 saturated heterocycles. The van der Waals surface area contributed by atoms with Gasteiger partial charge in [-0.15, -0.1) is 0 Å². The molecule has 5 heteroatoms. The molecule has 0 heterocycles. The van der Waals surface area contributed by atoms with Crippen molar-refractivity contribution in [3.8, 4) is 0 Å². The van der Waals surface area contributed by atoms with E-state index in [9.17, 15) is 9.59 Å². The first-order valence-corrected chi connectivity index (χ1v) is 5.12. The molecule has 0 fully saturated rings. The van der Waals surface area contributed by atoms with Crippen LogP contribution >= 0.6 is 0 Å². The highest BCUT2D eigenvalue weighted by Crippen LogP contribution is 1.97. The van der Waals surface area contributed by atoms with E-state index in [0.717, 1.165) is 0 Å². The third-order valence-corrected chi connectivity index (χ3v) is 1.93. The fraction of sp³-hybridized carbons (Fsp3) is 0.800. The summed E-state index contributed by atoms with van der Waals surface area (Å²) in [6.07, 6.45) is 0.994. The Balaban J connectivity index is 3.67. The molecule has 0 aliphatic rings. The highest BCUT2D eigenvalue weighted by atomic mass is 16.5. The van der Waals surface area contributed by atoms with Crippen molar-refractivity contribution in [3.05, 3.63) is 0 Å². The van der Waals surface area contributed by atoms with E-state index in [1.165, 1.54) is 4.90 Å². The molecule has 0 radical (unpaired) electrons. The normalized spacial score (nSPS) is 9.80. The Morgan fingerprint density at radius 2 is 2.00 bits per heavy atom. The number of carbonyl (C=O) groups excluding carboxylic acids is 2. The van der Waals surface area contributed by atoms with E-state index >= 15 is 0 Å². The quantitative estimate of drug-likeness (QED) is 0.617. The Morgan fingerprint density at radius 3 is 2.53 bits per heavy atom. The molecule has 1 amide bonds. The molecule has 5 nitrogen and oxygen atoms in total. The van der Waals surface area contributed by atoms with Crippen LogP contribution in [0.3, 0.4) is 0 Å². The number of ether oxygens (including phenoxy) is 1. The lowest BCUT2D eigenvalue weighted by molar-refractivity contribution is -0.143. The van der Waals surface area contributed by atoms with E-state index in [2.05, 4.69) is 0 Å². The summed E-state index contributed by atoms with van der Waals surface area (Å²) >= 11 is 0. The van der Waals surface area contributed by atoms with Crippen LogP contribution in [0.2, 0.25) is 0 Å². The summed E-state index contributed by atoms with van der Waals surface area (Å²) in [5, 5.41) is 8.54. The lowest BCUT2D eigenvalue weighted by Crippen LogP contribution is -2.29. The van der Waals surface area contributed by atoms with Gasteiger partial charge in [0.1, 0.15) is 0 Å². The fourth-order valence-corrected chi connectivity index (χ4v) is 1.04. The van der Waals surface area contributed by atoms with E-state index < -0.39 is 0 Å². The molecule has 15 heavy (non-hydrogen) atoms. The Kier molecular flexibility index (Phi) is 7.62. The van der Waals surface area contributed by atoms with Crippen LogP contribution < -0.4 is 0 Å².